The predicted octanol–water partition coefficient (Wildman–Crippen LogP) is 5.03. The molecule has 0 aliphatic carbocycles. The summed E-state index contributed by atoms with van der Waals surface area (Å²) in [5.74, 6) is 59.5. The highest BCUT2D eigenvalue weighted by Gasteiger charge is 2.42. The maximum Gasteiger partial charge on any atom is 0.297 e. The maximum absolute atomic E-state index is 12.9. The minimum atomic E-state index is -0.908. The van der Waals surface area contributed by atoms with E-state index in [9.17, 15) is 9.90 Å². The fourth-order valence-electron chi connectivity index (χ4n) is 5.41. The molecule has 1 fully saturated rings. The van der Waals surface area contributed by atoms with Crippen LogP contribution < -0.4 is 5.32 Å². The Morgan fingerprint density at radius 1 is 0.707 bits per heavy atom. The van der Waals surface area contributed by atoms with Crippen LogP contribution in [0.15, 0.2) is 81.0 Å². The second-order valence-corrected chi connectivity index (χ2v) is 11.8. The molecule has 1 aromatic carbocycles. The van der Waals surface area contributed by atoms with Crippen molar-refractivity contribution in [1.82, 2.24) is 5.32 Å². The molecule has 1 saturated heterocycles. The van der Waals surface area contributed by atoms with Crippen LogP contribution in [0, 0.1) is 160 Å². The smallest absolute Gasteiger partial charge is 0.297 e. The number of aryl methyl sites for hydroxylation is 1. The second kappa shape index (κ2) is 30.6. The van der Waals surface area contributed by atoms with Gasteiger partial charge in [0.15, 0.2) is 6.29 Å². The van der Waals surface area contributed by atoms with Gasteiger partial charge in [0.05, 0.1) is 24.9 Å². The molecule has 58 heavy (non-hydrogen) atoms. The molecule has 2 unspecified atom stereocenters. The van der Waals surface area contributed by atoms with Crippen LogP contribution in [0.25, 0.3) is 0 Å². The molecular weight excluding hydrogens is 715 g/mol. The number of aliphatic hydroxyl groups excluding tert-OH is 1. The molecule has 282 valence electrons. The summed E-state index contributed by atoms with van der Waals surface area (Å²) >= 11 is 0. The van der Waals surface area contributed by atoms with E-state index in [-0.39, 0.29) is 30.5 Å². The van der Waals surface area contributed by atoms with Crippen molar-refractivity contribution < 1.29 is 19.4 Å². The van der Waals surface area contributed by atoms with E-state index in [0.717, 1.165) is 19.3 Å². The minimum absolute atomic E-state index is 0.0126. The van der Waals surface area contributed by atoms with Crippen LogP contribution in [-0.2, 0) is 20.7 Å². The lowest BCUT2D eigenvalue weighted by atomic mass is 9.75. The topological polar surface area (TPSA) is 67.8 Å². The Morgan fingerprint density at radius 2 is 1.19 bits per heavy atom. The molecule has 0 saturated carbocycles. The van der Waals surface area contributed by atoms with E-state index in [0.29, 0.717) is 12.8 Å². The van der Waals surface area contributed by atoms with Crippen molar-refractivity contribution in [2.45, 2.75) is 63.6 Å². The summed E-state index contributed by atoms with van der Waals surface area (Å²) in [6.45, 7) is 17.6. The zero-order valence-corrected chi connectivity index (χ0v) is 32.5. The van der Waals surface area contributed by atoms with Gasteiger partial charge in [0.2, 0.25) is 0 Å². The number of carbonyl (C=O) groups is 1. The van der Waals surface area contributed by atoms with E-state index in [4.69, 9.17) is 9.47 Å². The molecule has 2 N–H and O–H groups in total. The lowest BCUT2D eigenvalue weighted by Gasteiger charge is -2.44. The maximum atomic E-state index is 12.9. The highest BCUT2D eigenvalue weighted by atomic mass is 16.7. The third-order valence-electron chi connectivity index (χ3n) is 8.05. The zero-order valence-electron chi connectivity index (χ0n) is 32.5. The van der Waals surface area contributed by atoms with Crippen molar-refractivity contribution >= 4 is 5.91 Å². The average molecular weight is 756 g/mol. The fraction of sp³-hybridized carbons (Fsp3) is 0.264. The lowest BCUT2D eigenvalue weighted by Crippen LogP contribution is -2.50. The summed E-state index contributed by atoms with van der Waals surface area (Å²) in [5.41, 5.74) is 1.22. The molecule has 0 bridgehead atoms. The van der Waals surface area contributed by atoms with Gasteiger partial charge in [0, 0.05) is 53.3 Å². The quantitative estimate of drug-likeness (QED) is 0.150. The Kier molecular flexibility index (Phi) is 24.5. The van der Waals surface area contributed by atoms with Gasteiger partial charge in [-0.15, -0.1) is 26.3 Å². The van der Waals surface area contributed by atoms with Gasteiger partial charge in [-0.25, -0.2) is 0 Å². The summed E-state index contributed by atoms with van der Waals surface area (Å²) in [6, 6.07) is 9.37. The van der Waals surface area contributed by atoms with Gasteiger partial charge in [-0.3, -0.25) is 4.79 Å². The van der Waals surface area contributed by atoms with Crippen LogP contribution in [0.5, 0.6) is 0 Å². The molecule has 7 atom stereocenters. The number of hydrogen-bond acceptors (Lipinski definition) is 4. The van der Waals surface area contributed by atoms with Crippen molar-refractivity contribution in [2.24, 2.45) is 17.8 Å². The van der Waals surface area contributed by atoms with Gasteiger partial charge in [0.25, 0.3) is 5.91 Å². The Bertz CT molecular complexity index is 2420. The Hall–Kier alpha value is -7.75. The van der Waals surface area contributed by atoms with Crippen molar-refractivity contribution in [3.63, 3.8) is 0 Å². The van der Waals surface area contributed by atoms with Crippen LogP contribution in [0.2, 0.25) is 0 Å². The van der Waals surface area contributed by atoms with Gasteiger partial charge >= 0.3 is 0 Å². The highest BCUT2D eigenvalue weighted by Crippen LogP contribution is 2.39. The molecule has 0 aromatic heterocycles. The Labute approximate surface area is 346 Å². The molecule has 5 heteroatoms. The number of nitrogens with one attached hydrogen (secondary N) is 1. The summed E-state index contributed by atoms with van der Waals surface area (Å²) in [5, 5.41) is 14.0. The first-order chi connectivity index (χ1) is 28.5. The number of allylic oxidation sites excluding steroid dienone is 1. The first-order valence-electron chi connectivity index (χ1n) is 18.2. The third kappa shape index (κ3) is 19.5. The SMILES string of the molecule is C=CCC1O[C@H](OC[C@H](NC(=O)C#CC#CC#CC#CC#CC#CC#CC#CC#CC#CC#CC#CC)[C@H](O)CCCCc2ccccc2)[C@@H](C=C)C(C=C)[C@H]1C=C. The number of benzene rings is 1. The van der Waals surface area contributed by atoms with E-state index >= 15 is 0 Å². The van der Waals surface area contributed by atoms with Crippen LogP contribution >= 0.6 is 0 Å². The normalized spacial score (nSPS) is 17.0. The van der Waals surface area contributed by atoms with E-state index in [1.165, 1.54) is 5.56 Å². The van der Waals surface area contributed by atoms with Gasteiger partial charge < -0.3 is 19.9 Å². The summed E-state index contributed by atoms with van der Waals surface area (Å²) < 4.78 is 12.6. The number of carbonyl (C=O) groups excluding carboxylic acids is 1. The van der Waals surface area contributed by atoms with Gasteiger partial charge in [0.1, 0.15) is 0 Å². The largest absolute Gasteiger partial charge is 0.391 e. The van der Waals surface area contributed by atoms with E-state index in [2.05, 4.69) is 186 Å². The molecule has 5 nitrogen and oxygen atoms in total. The third-order valence-corrected chi connectivity index (χ3v) is 8.05. The molecule has 2 rings (SSSR count). The number of unbranched alkanes of at least 4 members (excludes halogenated alkanes) is 1. The van der Waals surface area contributed by atoms with Gasteiger partial charge in [-0.05, 0) is 139 Å². The number of hydrogen-bond donors (Lipinski definition) is 2. The number of amides is 1. The van der Waals surface area contributed by atoms with E-state index in [1.54, 1.807) is 19.1 Å². The van der Waals surface area contributed by atoms with Crippen LogP contribution in [0.3, 0.4) is 0 Å². The van der Waals surface area contributed by atoms with Gasteiger partial charge in [-0.2, -0.15) is 0 Å². The van der Waals surface area contributed by atoms with Crippen LogP contribution in [0.1, 0.15) is 38.2 Å². The van der Waals surface area contributed by atoms with Crippen molar-refractivity contribution in [3.05, 3.63) is 86.5 Å². The molecule has 1 aromatic rings. The minimum Gasteiger partial charge on any atom is -0.391 e. The zero-order chi connectivity index (χ0) is 41.9. The average Bonchev–Trinajstić information content (AvgIpc) is 3.24. The van der Waals surface area contributed by atoms with Crippen LogP contribution in [-0.4, -0.2) is 42.2 Å². The summed E-state index contributed by atoms with van der Waals surface area (Å²) in [6.07, 6.45) is 8.98. The second-order valence-electron chi connectivity index (χ2n) is 11.8. The first-order valence-corrected chi connectivity index (χ1v) is 18.2. The number of aliphatic hydroxyl groups is 1. The molecule has 0 spiro atoms. The Balaban J connectivity index is 2.01. The monoisotopic (exact) mass is 755 g/mol. The van der Waals surface area contributed by atoms with Gasteiger partial charge in [-0.1, -0.05) is 67.0 Å². The predicted molar refractivity (Wildman–Crippen MR) is 231 cm³/mol. The van der Waals surface area contributed by atoms with Crippen molar-refractivity contribution in [2.75, 3.05) is 6.61 Å². The first kappa shape index (κ1) is 46.4. The highest BCUT2D eigenvalue weighted by molar-refractivity contribution is 5.94. The fourth-order valence-corrected chi connectivity index (χ4v) is 5.41. The van der Waals surface area contributed by atoms with Crippen molar-refractivity contribution in [1.29, 1.82) is 0 Å². The molecule has 1 amide bonds. The molecule has 1 heterocycles. The lowest BCUT2D eigenvalue weighted by molar-refractivity contribution is -0.236. The van der Waals surface area contributed by atoms with E-state index in [1.807, 2.05) is 30.4 Å². The van der Waals surface area contributed by atoms with E-state index < -0.39 is 24.3 Å². The molecule has 1 aliphatic heterocycles. The molecule has 1 aliphatic rings. The van der Waals surface area contributed by atoms with Crippen molar-refractivity contribution in [3.8, 4) is 142 Å². The summed E-state index contributed by atoms with van der Waals surface area (Å²) in [7, 11) is 0. The Morgan fingerprint density at radius 3 is 1.66 bits per heavy atom. The number of rotatable bonds is 15. The summed E-state index contributed by atoms with van der Waals surface area (Å²) in [4.78, 5) is 12.9. The number of ether oxygens (including phenoxy) is 2. The standard InChI is InChI=1S/C53H41NO4/c1-6-11-12-13-14-15-16-17-18-19-20-21-22-23-24-25-26-27-28-29-30-31-35-43-52(56)54-49(50(55)42-37-36-41-45-39-33-32-34-40-45)44-57-53-48(10-5)46(8-3)47(9-4)51(58-53)38-7-2/h7-10,32-34,39-40,46-51,53,55H,2-5,36-38,41-42,44H2,1H3,(H,54,56)/t46?,47-,48+,49+,50-,51?,53+/m1/s1. The molecule has 0 radical (unpaired) electrons. The molecular formula is C53H41NO4. The van der Waals surface area contributed by atoms with Crippen LogP contribution in [0.4, 0.5) is 0 Å².